The van der Waals surface area contributed by atoms with Gasteiger partial charge in [0.05, 0.1) is 12.1 Å². The maximum Gasteiger partial charge on any atom is 0.0687 e. The zero-order valence-electron chi connectivity index (χ0n) is 6.33. The first-order chi connectivity index (χ1) is 4.22. The van der Waals surface area contributed by atoms with E-state index < -0.39 is 0 Å². The monoisotopic (exact) mass is 126 g/mol. The lowest BCUT2D eigenvalue weighted by Gasteiger charge is -2.08. The molecule has 2 atom stereocenters. The maximum atomic E-state index is 4.14. The third-order valence-corrected chi connectivity index (χ3v) is 1.37. The summed E-state index contributed by atoms with van der Waals surface area (Å²) in [7, 11) is 0. The molecule has 0 saturated heterocycles. The van der Waals surface area contributed by atoms with Crippen molar-refractivity contribution in [2.24, 2.45) is 9.98 Å². The molecule has 0 aliphatic rings. The molecule has 0 aromatic carbocycles. The number of nitrogens with zero attached hydrogens (tertiary/aromatic N) is 2. The van der Waals surface area contributed by atoms with Gasteiger partial charge in [-0.2, -0.15) is 0 Å². The van der Waals surface area contributed by atoms with Gasteiger partial charge >= 0.3 is 0 Å². The second kappa shape index (κ2) is 4.24. The lowest BCUT2D eigenvalue weighted by atomic mass is 10.2. The van der Waals surface area contributed by atoms with Crippen molar-refractivity contribution in [1.29, 1.82) is 0 Å². The summed E-state index contributed by atoms with van der Waals surface area (Å²) < 4.78 is 0. The fraction of sp³-hybridized carbons (Fsp3) is 0.714. The van der Waals surface area contributed by atoms with Gasteiger partial charge in [0.25, 0.3) is 0 Å². The van der Waals surface area contributed by atoms with Gasteiger partial charge in [-0.1, -0.05) is 0 Å². The SMILES string of the molecule is C=NC(C)C(C)/N=C/C. The van der Waals surface area contributed by atoms with Crippen LogP contribution in [-0.4, -0.2) is 25.0 Å². The molecule has 2 heteroatoms. The Labute approximate surface area is 56.7 Å². The minimum absolute atomic E-state index is 0.237. The molecule has 0 heterocycles. The zero-order chi connectivity index (χ0) is 7.28. The predicted molar refractivity (Wildman–Crippen MR) is 42.6 cm³/mol. The van der Waals surface area contributed by atoms with Crippen LogP contribution in [0.15, 0.2) is 9.98 Å². The van der Waals surface area contributed by atoms with Crippen molar-refractivity contribution in [3.8, 4) is 0 Å². The highest BCUT2D eigenvalue weighted by Gasteiger charge is 2.04. The third kappa shape index (κ3) is 3.01. The molecule has 9 heavy (non-hydrogen) atoms. The van der Waals surface area contributed by atoms with E-state index in [0.29, 0.717) is 0 Å². The van der Waals surface area contributed by atoms with Crippen molar-refractivity contribution in [2.75, 3.05) is 0 Å². The Balaban J connectivity index is 3.71. The van der Waals surface area contributed by atoms with Crippen LogP contribution in [0.3, 0.4) is 0 Å². The molecule has 0 aliphatic carbocycles. The molecular weight excluding hydrogens is 112 g/mol. The lowest BCUT2D eigenvalue weighted by molar-refractivity contribution is 0.613. The highest BCUT2D eigenvalue weighted by atomic mass is 14.9. The van der Waals surface area contributed by atoms with Crippen LogP contribution < -0.4 is 0 Å². The largest absolute Gasteiger partial charge is 0.296 e. The Hall–Kier alpha value is -0.660. The van der Waals surface area contributed by atoms with E-state index in [1.165, 1.54) is 0 Å². The molecule has 0 bridgehead atoms. The number of hydrogen-bond donors (Lipinski definition) is 0. The topological polar surface area (TPSA) is 24.7 Å². The van der Waals surface area contributed by atoms with Crippen LogP contribution in [0.25, 0.3) is 0 Å². The van der Waals surface area contributed by atoms with Gasteiger partial charge in [-0.25, -0.2) is 0 Å². The van der Waals surface area contributed by atoms with Crippen molar-refractivity contribution in [2.45, 2.75) is 32.9 Å². The Morgan fingerprint density at radius 3 is 2.22 bits per heavy atom. The van der Waals surface area contributed by atoms with E-state index in [1.807, 2.05) is 20.8 Å². The van der Waals surface area contributed by atoms with Gasteiger partial charge in [0, 0.05) is 0 Å². The minimum atomic E-state index is 0.237. The van der Waals surface area contributed by atoms with E-state index in [0.717, 1.165) is 0 Å². The molecule has 2 unspecified atom stereocenters. The smallest absolute Gasteiger partial charge is 0.0687 e. The molecule has 0 saturated carbocycles. The molecule has 52 valence electrons. The Morgan fingerprint density at radius 1 is 1.33 bits per heavy atom. The molecule has 0 spiro atoms. The van der Waals surface area contributed by atoms with Gasteiger partial charge in [0.2, 0.25) is 0 Å². The van der Waals surface area contributed by atoms with Crippen LogP contribution in [0.2, 0.25) is 0 Å². The molecule has 0 aliphatic heterocycles. The Morgan fingerprint density at radius 2 is 1.89 bits per heavy atom. The molecule has 0 N–H and O–H groups in total. The highest BCUT2D eigenvalue weighted by molar-refractivity contribution is 5.53. The molecule has 0 aromatic rings. The Bertz CT molecular complexity index is 107. The maximum absolute atomic E-state index is 4.14. The average molecular weight is 126 g/mol. The molecule has 2 nitrogen and oxygen atoms in total. The molecule has 0 rings (SSSR count). The van der Waals surface area contributed by atoms with E-state index in [9.17, 15) is 0 Å². The van der Waals surface area contributed by atoms with E-state index >= 15 is 0 Å². The highest BCUT2D eigenvalue weighted by Crippen LogP contribution is 1.99. The molecule has 0 aromatic heterocycles. The van der Waals surface area contributed by atoms with Gasteiger partial charge in [-0.3, -0.25) is 9.98 Å². The fourth-order valence-corrected chi connectivity index (χ4v) is 0.512. The van der Waals surface area contributed by atoms with Gasteiger partial charge in [0.1, 0.15) is 0 Å². The van der Waals surface area contributed by atoms with Crippen LogP contribution in [0.1, 0.15) is 20.8 Å². The van der Waals surface area contributed by atoms with Gasteiger partial charge < -0.3 is 0 Å². The van der Waals surface area contributed by atoms with E-state index in [4.69, 9.17) is 0 Å². The summed E-state index contributed by atoms with van der Waals surface area (Å²) in [5.41, 5.74) is 0. The third-order valence-electron chi connectivity index (χ3n) is 1.37. The van der Waals surface area contributed by atoms with Crippen molar-refractivity contribution >= 4 is 12.9 Å². The second-order valence-electron chi connectivity index (χ2n) is 2.07. The fourth-order valence-electron chi connectivity index (χ4n) is 0.512. The summed E-state index contributed by atoms with van der Waals surface area (Å²) in [5, 5.41) is 0. The summed E-state index contributed by atoms with van der Waals surface area (Å²) in [5.74, 6) is 0. The first-order valence-electron chi connectivity index (χ1n) is 3.16. The van der Waals surface area contributed by atoms with Crippen LogP contribution in [0.4, 0.5) is 0 Å². The first-order valence-corrected chi connectivity index (χ1v) is 3.16. The molecule has 0 fully saturated rings. The minimum Gasteiger partial charge on any atom is -0.296 e. The van der Waals surface area contributed by atoms with E-state index in [-0.39, 0.29) is 12.1 Å². The molecular formula is C7H14N2. The molecule has 0 amide bonds. The summed E-state index contributed by atoms with van der Waals surface area (Å²) in [6, 6.07) is 0.508. The van der Waals surface area contributed by atoms with Gasteiger partial charge in [-0.15, -0.1) is 0 Å². The van der Waals surface area contributed by atoms with Crippen LogP contribution >= 0.6 is 0 Å². The van der Waals surface area contributed by atoms with Crippen molar-refractivity contribution in [1.82, 2.24) is 0 Å². The van der Waals surface area contributed by atoms with Gasteiger partial charge in [-0.05, 0) is 33.7 Å². The summed E-state index contributed by atoms with van der Waals surface area (Å²) in [6.45, 7) is 9.38. The number of hydrogen-bond acceptors (Lipinski definition) is 2. The lowest BCUT2D eigenvalue weighted by Crippen LogP contribution is -2.14. The number of aliphatic imine (C=N–C) groups is 2. The van der Waals surface area contributed by atoms with Crippen LogP contribution in [0.5, 0.6) is 0 Å². The number of rotatable bonds is 3. The standard InChI is InChI=1S/C7H14N2/c1-5-9-7(3)6(2)8-4/h5-7H,4H2,1-3H3/b9-5+. The predicted octanol–water partition coefficient (Wildman–Crippen LogP) is 1.55. The quantitative estimate of drug-likeness (QED) is 0.513. The summed E-state index contributed by atoms with van der Waals surface area (Å²) in [4.78, 5) is 7.98. The van der Waals surface area contributed by atoms with E-state index in [2.05, 4.69) is 16.7 Å². The first kappa shape index (κ1) is 8.34. The Kier molecular flexibility index (Phi) is 3.93. The van der Waals surface area contributed by atoms with Crippen molar-refractivity contribution in [3.05, 3.63) is 0 Å². The average Bonchev–Trinajstić information content (AvgIpc) is 1.87. The summed E-state index contributed by atoms with van der Waals surface area (Å²) >= 11 is 0. The van der Waals surface area contributed by atoms with Gasteiger partial charge in [0.15, 0.2) is 0 Å². The normalized spacial score (nSPS) is 17.7. The van der Waals surface area contributed by atoms with Crippen LogP contribution in [0, 0.1) is 0 Å². The van der Waals surface area contributed by atoms with E-state index in [1.54, 1.807) is 6.21 Å². The van der Waals surface area contributed by atoms with Crippen molar-refractivity contribution in [3.63, 3.8) is 0 Å². The zero-order valence-corrected chi connectivity index (χ0v) is 6.33. The van der Waals surface area contributed by atoms with Crippen molar-refractivity contribution < 1.29 is 0 Å². The second-order valence-corrected chi connectivity index (χ2v) is 2.07. The molecule has 0 radical (unpaired) electrons. The summed E-state index contributed by atoms with van der Waals surface area (Å²) in [6.07, 6.45) is 1.80. The van der Waals surface area contributed by atoms with Crippen LogP contribution in [-0.2, 0) is 0 Å².